The van der Waals surface area contributed by atoms with Crippen molar-refractivity contribution >= 4 is 5.91 Å². The average molecular weight is 353 g/mol. The Bertz CT molecular complexity index is 635. The number of hydrogen-bond acceptors (Lipinski definition) is 2. The van der Waals surface area contributed by atoms with Gasteiger partial charge in [-0.3, -0.25) is 9.69 Å². The van der Waals surface area contributed by atoms with Crippen molar-refractivity contribution < 1.29 is 4.79 Å². The van der Waals surface area contributed by atoms with E-state index < -0.39 is 0 Å². The van der Waals surface area contributed by atoms with Crippen molar-refractivity contribution in [2.24, 2.45) is 23.2 Å². The minimum Gasteiger partial charge on any atom is -0.339 e. The van der Waals surface area contributed by atoms with Crippen LogP contribution in [-0.2, 0) is 11.3 Å². The van der Waals surface area contributed by atoms with Gasteiger partial charge in [-0.1, -0.05) is 30.3 Å². The number of rotatable bonds is 3. The maximum absolute atomic E-state index is 13.6. The fourth-order valence-corrected chi connectivity index (χ4v) is 6.94. The first-order valence-electron chi connectivity index (χ1n) is 10.7. The number of nitrogens with zero attached hydrogens (tertiary/aromatic N) is 2. The summed E-state index contributed by atoms with van der Waals surface area (Å²) in [5, 5.41) is 0. The quantitative estimate of drug-likeness (QED) is 0.823. The van der Waals surface area contributed by atoms with Crippen molar-refractivity contribution in [2.45, 2.75) is 58.0 Å². The fraction of sp³-hybridized carbons (Fsp3) is 0.696. The van der Waals surface area contributed by atoms with E-state index >= 15 is 0 Å². The van der Waals surface area contributed by atoms with Crippen LogP contribution in [0.3, 0.4) is 0 Å². The van der Waals surface area contributed by atoms with Gasteiger partial charge in [-0.15, -0.1) is 0 Å². The first kappa shape index (κ1) is 16.8. The Balaban J connectivity index is 1.25. The zero-order chi connectivity index (χ0) is 17.7. The summed E-state index contributed by atoms with van der Waals surface area (Å²) >= 11 is 0. The van der Waals surface area contributed by atoms with Crippen LogP contribution in [0, 0.1) is 23.2 Å². The van der Waals surface area contributed by atoms with Gasteiger partial charge in [-0.2, -0.15) is 0 Å². The van der Waals surface area contributed by atoms with Gasteiger partial charge in [0.1, 0.15) is 0 Å². The fourth-order valence-electron chi connectivity index (χ4n) is 6.94. The van der Waals surface area contributed by atoms with Crippen LogP contribution in [0.4, 0.5) is 0 Å². The molecule has 4 saturated carbocycles. The molecule has 5 aliphatic rings. The number of hydrogen-bond donors (Lipinski definition) is 0. The van der Waals surface area contributed by atoms with Crippen molar-refractivity contribution in [2.75, 3.05) is 19.6 Å². The van der Waals surface area contributed by atoms with Gasteiger partial charge in [-0.25, -0.2) is 0 Å². The van der Waals surface area contributed by atoms with Gasteiger partial charge in [0.2, 0.25) is 5.91 Å². The Morgan fingerprint density at radius 3 is 2.19 bits per heavy atom. The summed E-state index contributed by atoms with van der Waals surface area (Å²) in [6.45, 7) is 6.13. The van der Waals surface area contributed by atoms with Crippen molar-refractivity contribution in [3.8, 4) is 0 Å². The molecule has 3 nitrogen and oxygen atoms in total. The zero-order valence-electron chi connectivity index (χ0n) is 16.1. The van der Waals surface area contributed by atoms with E-state index in [1.165, 1.54) is 44.1 Å². The normalized spacial score (nSPS) is 39.3. The molecule has 0 spiro atoms. The number of carbonyl (C=O) groups is 1. The minimum atomic E-state index is 0.0239. The molecule has 1 aromatic rings. The second-order valence-corrected chi connectivity index (χ2v) is 9.75. The molecule has 3 heteroatoms. The summed E-state index contributed by atoms with van der Waals surface area (Å²) in [5.74, 6) is 3.06. The summed E-state index contributed by atoms with van der Waals surface area (Å²) in [6, 6.07) is 11.2. The number of benzene rings is 1. The molecule has 140 valence electrons. The summed E-state index contributed by atoms with van der Waals surface area (Å²) in [6.07, 6.45) is 7.80. The van der Waals surface area contributed by atoms with Crippen LogP contribution < -0.4 is 0 Å². The first-order valence-corrected chi connectivity index (χ1v) is 10.7. The summed E-state index contributed by atoms with van der Waals surface area (Å²) in [7, 11) is 0. The SMILES string of the molecule is CC1CN(C(=O)C23CC4CC(CC(C4)C2)C3)CCN1Cc1ccccc1. The van der Waals surface area contributed by atoms with E-state index in [0.717, 1.165) is 43.9 Å². The molecule has 4 aliphatic carbocycles. The van der Waals surface area contributed by atoms with E-state index in [1.807, 2.05) is 0 Å². The van der Waals surface area contributed by atoms with E-state index in [1.54, 1.807) is 0 Å². The molecule has 5 fully saturated rings. The van der Waals surface area contributed by atoms with Crippen molar-refractivity contribution in [3.63, 3.8) is 0 Å². The largest absolute Gasteiger partial charge is 0.339 e. The highest BCUT2D eigenvalue weighted by Gasteiger charge is 2.55. The molecule has 1 heterocycles. The van der Waals surface area contributed by atoms with Crippen LogP contribution in [0.1, 0.15) is 51.0 Å². The van der Waals surface area contributed by atoms with Crippen LogP contribution in [0.15, 0.2) is 30.3 Å². The molecule has 4 bridgehead atoms. The third-order valence-corrected chi connectivity index (χ3v) is 7.77. The van der Waals surface area contributed by atoms with E-state index in [9.17, 15) is 4.79 Å². The summed E-state index contributed by atoms with van der Waals surface area (Å²) in [4.78, 5) is 18.3. The van der Waals surface area contributed by atoms with E-state index in [-0.39, 0.29) is 5.41 Å². The highest BCUT2D eigenvalue weighted by Crippen LogP contribution is 2.60. The van der Waals surface area contributed by atoms with Gasteiger partial charge in [0.15, 0.2) is 0 Å². The molecule has 1 aliphatic heterocycles. The Morgan fingerprint density at radius 1 is 1.00 bits per heavy atom. The van der Waals surface area contributed by atoms with E-state index in [0.29, 0.717) is 11.9 Å². The predicted octanol–water partition coefficient (Wildman–Crippen LogP) is 3.94. The second kappa shape index (κ2) is 6.37. The number of carbonyl (C=O) groups excluding carboxylic acids is 1. The maximum Gasteiger partial charge on any atom is 0.228 e. The molecular weight excluding hydrogens is 320 g/mol. The van der Waals surface area contributed by atoms with E-state index in [4.69, 9.17) is 0 Å². The van der Waals surface area contributed by atoms with Crippen LogP contribution in [0.2, 0.25) is 0 Å². The number of amides is 1. The van der Waals surface area contributed by atoms with Crippen LogP contribution in [0.25, 0.3) is 0 Å². The third kappa shape index (κ3) is 2.89. The average Bonchev–Trinajstić information content (AvgIpc) is 2.62. The van der Waals surface area contributed by atoms with Gasteiger partial charge in [0, 0.05) is 32.2 Å². The third-order valence-electron chi connectivity index (χ3n) is 7.77. The molecule has 1 unspecified atom stereocenters. The molecule has 26 heavy (non-hydrogen) atoms. The molecular formula is C23H32N2O. The molecule has 1 atom stereocenters. The van der Waals surface area contributed by atoms with Crippen molar-refractivity contribution in [1.29, 1.82) is 0 Å². The van der Waals surface area contributed by atoms with Crippen LogP contribution >= 0.6 is 0 Å². The molecule has 1 saturated heterocycles. The molecule has 6 rings (SSSR count). The maximum atomic E-state index is 13.6. The lowest BCUT2D eigenvalue weighted by molar-refractivity contribution is -0.160. The molecule has 0 aromatic heterocycles. The second-order valence-electron chi connectivity index (χ2n) is 9.75. The minimum absolute atomic E-state index is 0.0239. The molecule has 0 radical (unpaired) electrons. The smallest absolute Gasteiger partial charge is 0.228 e. The topological polar surface area (TPSA) is 23.6 Å². The highest BCUT2D eigenvalue weighted by molar-refractivity contribution is 5.83. The monoisotopic (exact) mass is 352 g/mol. The first-order chi connectivity index (χ1) is 12.6. The Kier molecular flexibility index (Phi) is 4.11. The standard InChI is InChI=1S/C23H32N2O/c1-17-15-25(8-7-24(17)16-18-5-3-2-4-6-18)22(26)23-12-19-9-20(13-23)11-21(10-19)14-23/h2-6,17,19-21H,7-16H2,1H3. The number of piperazine rings is 1. The summed E-state index contributed by atoms with van der Waals surface area (Å²) in [5.41, 5.74) is 1.40. The Morgan fingerprint density at radius 2 is 1.62 bits per heavy atom. The zero-order valence-corrected chi connectivity index (χ0v) is 16.1. The van der Waals surface area contributed by atoms with Crippen molar-refractivity contribution in [3.05, 3.63) is 35.9 Å². The Labute approximate surface area is 157 Å². The van der Waals surface area contributed by atoms with Crippen LogP contribution in [-0.4, -0.2) is 41.4 Å². The molecule has 1 amide bonds. The molecule has 1 aromatic carbocycles. The van der Waals surface area contributed by atoms with Crippen molar-refractivity contribution in [1.82, 2.24) is 9.80 Å². The van der Waals surface area contributed by atoms with Gasteiger partial charge < -0.3 is 4.90 Å². The summed E-state index contributed by atoms with van der Waals surface area (Å²) < 4.78 is 0. The predicted molar refractivity (Wildman–Crippen MR) is 103 cm³/mol. The van der Waals surface area contributed by atoms with Gasteiger partial charge in [0.05, 0.1) is 5.41 Å². The van der Waals surface area contributed by atoms with Gasteiger partial charge in [0.25, 0.3) is 0 Å². The lowest BCUT2D eigenvalue weighted by atomic mass is 9.49. The van der Waals surface area contributed by atoms with Gasteiger partial charge >= 0.3 is 0 Å². The van der Waals surface area contributed by atoms with E-state index in [2.05, 4.69) is 47.1 Å². The Hall–Kier alpha value is -1.35. The van der Waals surface area contributed by atoms with Crippen LogP contribution in [0.5, 0.6) is 0 Å². The van der Waals surface area contributed by atoms with Gasteiger partial charge in [-0.05, 0) is 68.8 Å². The lowest BCUT2D eigenvalue weighted by Crippen LogP contribution is -2.59. The molecule has 0 N–H and O–H groups in total. The lowest BCUT2D eigenvalue weighted by Gasteiger charge is -2.57. The highest BCUT2D eigenvalue weighted by atomic mass is 16.2.